The summed E-state index contributed by atoms with van der Waals surface area (Å²) in [6.45, 7) is 0.392. The van der Waals surface area contributed by atoms with E-state index in [1.807, 2.05) is 0 Å². The molecule has 0 aliphatic carbocycles. The van der Waals surface area contributed by atoms with Crippen LogP contribution in [0.1, 0.15) is 12.0 Å². The van der Waals surface area contributed by atoms with E-state index >= 15 is 0 Å². The highest BCUT2D eigenvalue weighted by Crippen LogP contribution is 2.16. The van der Waals surface area contributed by atoms with E-state index < -0.39 is 15.7 Å². The maximum atomic E-state index is 13.6. The molecule has 0 heterocycles. The number of rotatable bonds is 5. The Morgan fingerprint density at radius 1 is 1.42 bits per heavy atom. The van der Waals surface area contributed by atoms with Crippen molar-refractivity contribution in [3.63, 3.8) is 0 Å². The largest absolute Gasteiger partial charge is 0.493 e. The second-order valence-corrected chi connectivity index (χ2v) is 6.24. The standard InChI is InChI=1S/C13H16FNO3S/c1-19(16,17)9-3-8-18-12-6-5-11(4-2-7-15)13(14)10-12/h5-6,10H,3,7-9,15H2,1H3. The number of nitrogens with two attached hydrogens (primary N) is 1. The normalized spacial score (nSPS) is 10.7. The molecule has 4 nitrogen and oxygen atoms in total. The summed E-state index contributed by atoms with van der Waals surface area (Å²) >= 11 is 0. The van der Waals surface area contributed by atoms with Crippen LogP contribution in [0.25, 0.3) is 0 Å². The van der Waals surface area contributed by atoms with Gasteiger partial charge in [0.05, 0.1) is 24.5 Å². The van der Waals surface area contributed by atoms with E-state index in [4.69, 9.17) is 10.5 Å². The number of hydrogen-bond acceptors (Lipinski definition) is 4. The Morgan fingerprint density at radius 2 is 2.16 bits per heavy atom. The topological polar surface area (TPSA) is 69.4 Å². The summed E-state index contributed by atoms with van der Waals surface area (Å²) in [6.07, 6.45) is 1.53. The molecule has 0 aromatic heterocycles. The van der Waals surface area contributed by atoms with Gasteiger partial charge in [0.1, 0.15) is 21.4 Å². The van der Waals surface area contributed by atoms with Gasteiger partial charge in [-0.15, -0.1) is 0 Å². The molecule has 0 atom stereocenters. The third-order valence-electron chi connectivity index (χ3n) is 2.19. The van der Waals surface area contributed by atoms with Crippen molar-refractivity contribution in [2.75, 3.05) is 25.2 Å². The van der Waals surface area contributed by atoms with Crippen LogP contribution in [0, 0.1) is 17.7 Å². The number of hydrogen-bond donors (Lipinski definition) is 1. The van der Waals surface area contributed by atoms with Crippen LogP contribution in [0.2, 0.25) is 0 Å². The van der Waals surface area contributed by atoms with Gasteiger partial charge in [0.25, 0.3) is 0 Å². The Bertz CT molecular complexity index is 588. The van der Waals surface area contributed by atoms with Crippen molar-refractivity contribution in [2.24, 2.45) is 5.73 Å². The molecule has 1 rings (SSSR count). The zero-order chi connectivity index (χ0) is 14.3. The Kier molecular flexibility index (Phi) is 5.80. The zero-order valence-corrected chi connectivity index (χ0v) is 11.5. The molecule has 104 valence electrons. The summed E-state index contributed by atoms with van der Waals surface area (Å²) in [4.78, 5) is 0. The molecule has 2 N–H and O–H groups in total. The molecule has 0 radical (unpaired) electrons. The van der Waals surface area contributed by atoms with Crippen molar-refractivity contribution in [1.82, 2.24) is 0 Å². The van der Waals surface area contributed by atoms with Crippen LogP contribution >= 0.6 is 0 Å². The molecule has 6 heteroatoms. The Morgan fingerprint density at radius 3 is 2.74 bits per heavy atom. The number of sulfone groups is 1. The molecule has 0 aliphatic heterocycles. The third kappa shape index (κ3) is 6.22. The van der Waals surface area contributed by atoms with Gasteiger partial charge in [-0.25, -0.2) is 12.8 Å². The van der Waals surface area contributed by atoms with E-state index in [0.717, 1.165) is 6.26 Å². The van der Waals surface area contributed by atoms with Crippen LogP contribution in [0.5, 0.6) is 5.75 Å². The lowest BCUT2D eigenvalue weighted by molar-refractivity contribution is 0.316. The fourth-order valence-electron chi connectivity index (χ4n) is 1.34. The van der Waals surface area contributed by atoms with Crippen molar-refractivity contribution in [3.05, 3.63) is 29.6 Å². The van der Waals surface area contributed by atoms with Crippen molar-refractivity contribution < 1.29 is 17.5 Å². The van der Waals surface area contributed by atoms with Gasteiger partial charge in [-0.3, -0.25) is 0 Å². The van der Waals surface area contributed by atoms with Gasteiger partial charge in [0.15, 0.2) is 0 Å². The fraction of sp³-hybridized carbons (Fsp3) is 0.385. The highest BCUT2D eigenvalue weighted by Gasteiger charge is 2.04. The maximum absolute atomic E-state index is 13.6. The summed E-state index contributed by atoms with van der Waals surface area (Å²) in [5.74, 6) is 5.08. The first-order valence-corrected chi connectivity index (χ1v) is 7.77. The van der Waals surface area contributed by atoms with Crippen LogP contribution in [-0.2, 0) is 9.84 Å². The van der Waals surface area contributed by atoms with E-state index in [0.29, 0.717) is 12.2 Å². The second kappa shape index (κ2) is 7.12. The van der Waals surface area contributed by atoms with Crippen LogP contribution in [0.4, 0.5) is 4.39 Å². The molecule has 1 aromatic carbocycles. The minimum atomic E-state index is -2.99. The van der Waals surface area contributed by atoms with Crippen LogP contribution in [0.15, 0.2) is 18.2 Å². The summed E-state index contributed by atoms with van der Waals surface area (Å²) in [5, 5.41) is 0. The number of benzene rings is 1. The summed E-state index contributed by atoms with van der Waals surface area (Å²) in [6, 6.07) is 4.31. The first kappa shape index (κ1) is 15.5. The first-order chi connectivity index (χ1) is 8.92. The first-order valence-electron chi connectivity index (χ1n) is 5.71. The lowest BCUT2D eigenvalue weighted by Crippen LogP contribution is -2.08. The van der Waals surface area contributed by atoms with E-state index in [1.54, 1.807) is 6.07 Å². The lowest BCUT2D eigenvalue weighted by Gasteiger charge is -2.06. The minimum Gasteiger partial charge on any atom is -0.493 e. The maximum Gasteiger partial charge on any atom is 0.147 e. The fourth-order valence-corrected chi connectivity index (χ4v) is 1.99. The van der Waals surface area contributed by atoms with Crippen LogP contribution in [-0.4, -0.2) is 33.6 Å². The van der Waals surface area contributed by atoms with E-state index in [2.05, 4.69) is 11.8 Å². The average Bonchev–Trinajstić information content (AvgIpc) is 2.32. The smallest absolute Gasteiger partial charge is 0.147 e. The predicted octanol–water partition coefficient (Wildman–Crippen LogP) is 0.949. The Hall–Kier alpha value is -1.58. The minimum absolute atomic E-state index is 0.0511. The summed E-state index contributed by atoms with van der Waals surface area (Å²) < 4.78 is 40.6. The molecule has 19 heavy (non-hydrogen) atoms. The zero-order valence-electron chi connectivity index (χ0n) is 10.6. The van der Waals surface area contributed by atoms with E-state index in [9.17, 15) is 12.8 Å². The molecule has 0 spiro atoms. The lowest BCUT2D eigenvalue weighted by atomic mass is 10.2. The predicted molar refractivity (Wildman–Crippen MR) is 72.2 cm³/mol. The van der Waals surface area contributed by atoms with Crippen molar-refractivity contribution in [3.8, 4) is 17.6 Å². The molecule has 0 fully saturated rings. The van der Waals surface area contributed by atoms with Crippen LogP contribution < -0.4 is 10.5 Å². The summed E-state index contributed by atoms with van der Waals surface area (Å²) in [5.41, 5.74) is 5.46. The summed E-state index contributed by atoms with van der Waals surface area (Å²) in [7, 11) is -2.99. The number of halogens is 1. The van der Waals surface area contributed by atoms with E-state index in [1.165, 1.54) is 12.1 Å². The van der Waals surface area contributed by atoms with Crippen LogP contribution in [0.3, 0.4) is 0 Å². The van der Waals surface area contributed by atoms with Gasteiger partial charge in [-0.2, -0.15) is 0 Å². The molecule has 0 bridgehead atoms. The van der Waals surface area contributed by atoms with Crippen molar-refractivity contribution in [2.45, 2.75) is 6.42 Å². The molecule has 0 saturated carbocycles. The quantitative estimate of drug-likeness (QED) is 0.646. The Labute approximate surface area is 112 Å². The van der Waals surface area contributed by atoms with Gasteiger partial charge in [0, 0.05) is 12.3 Å². The van der Waals surface area contributed by atoms with Gasteiger partial charge in [0.2, 0.25) is 0 Å². The molecule has 0 unspecified atom stereocenters. The molecule has 0 aliphatic rings. The molecule has 0 amide bonds. The average molecular weight is 285 g/mol. The molecule has 0 saturated heterocycles. The van der Waals surface area contributed by atoms with Crippen molar-refractivity contribution in [1.29, 1.82) is 0 Å². The Balaban J connectivity index is 2.54. The SMILES string of the molecule is CS(=O)(=O)CCCOc1ccc(C#CCN)c(F)c1. The second-order valence-electron chi connectivity index (χ2n) is 3.98. The molecule has 1 aromatic rings. The number of ether oxygens (including phenoxy) is 1. The monoisotopic (exact) mass is 285 g/mol. The van der Waals surface area contributed by atoms with Gasteiger partial charge < -0.3 is 10.5 Å². The molecular weight excluding hydrogens is 269 g/mol. The molecular formula is C13H16FNO3S. The van der Waals surface area contributed by atoms with Gasteiger partial charge in [-0.1, -0.05) is 11.8 Å². The van der Waals surface area contributed by atoms with Crippen molar-refractivity contribution >= 4 is 9.84 Å². The highest BCUT2D eigenvalue weighted by atomic mass is 32.2. The third-order valence-corrected chi connectivity index (χ3v) is 3.22. The highest BCUT2D eigenvalue weighted by molar-refractivity contribution is 7.90. The van der Waals surface area contributed by atoms with E-state index in [-0.39, 0.29) is 24.5 Å². The van der Waals surface area contributed by atoms with Gasteiger partial charge >= 0.3 is 0 Å². The van der Waals surface area contributed by atoms with Gasteiger partial charge in [-0.05, 0) is 18.6 Å².